The standard InChI is InChI=1S/C55H111N2O6P/c1-3-5-7-9-11-13-15-17-19-20-21-22-23-24-25-26-27-28-29-30-31-32-33-35-37-39-41-43-45-47-49-55(59)57-53(52-63-64(60,61)62-51-50-56)54(58)48-46-44-42-40-38-36-34-18-16-14-12-10-8-6-4-2/h46,48,53-54,58H,3-45,47,49-52,56H2,1-2H3,(H,57,59)(H,60,61)/b48-46+/t53-,54+/m0/s1. The summed E-state index contributed by atoms with van der Waals surface area (Å²) in [5.74, 6) is -0.187. The molecule has 0 heterocycles. The molecule has 0 saturated heterocycles. The molecule has 0 radical (unpaired) electrons. The highest BCUT2D eigenvalue weighted by Gasteiger charge is 2.27. The molecule has 382 valence electrons. The fraction of sp³-hybridized carbons (Fsp3) is 0.945. The molecule has 0 aliphatic rings. The smallest absolute Gasteiger partial charge is 0.387 e. The Hall–Kier alpha value is -0.760. The monoisotopic (exact) mass is 927 g/mol. The number of hydrogen-bond donors (Lipinski definition) is 4. The zero-order valence-corrected chi connectivity index (χ0v) is 43.7. The van der Waals surface area contributed by atoms with E-state index in [0.29, 0.717) is 6.42 Å². The van der Waals surface area contributed by atoms with Crippen molar-refractivity contribution in [3.05, 3.63) is 12.2 Å². The van der Waals surface area contributed by atoms with Gasteiger partial charge >= 0.3 is 7.82 Å². The molecule has 0 rings (SSSR count). The number of carbonyl (C=O) groups excluding carboxylic acids is 1. The van der Waals surface area contributed by atoms with Crippen LogP contribution in [0.4, 0.5) is 0 Å². The van der Waals surface area contributed by atoms with Crippen LogP contribution in [0.2, 0.25) is 0 Å². The summed E-state index contributed by atoms with van der Waals surface area (Å²) in [5, 5.41) is 13.7. The minimum absolute atomic E-state index is 0.0817. The van der Waals surface area contributed by atoms with Gasteiger partial charge in [-0.2, -0.15) is 0 Å². The van der Waals surface area contributed by atoms with Crippen molar-refractivity contribution in [2.24, 2.45) is 5.73 Å². The molecule has 0 aromatic rings. The topological polar surface area (TPSA) is 131 Å². The van der Waals surface area contributed by atoms with Crippen molar-refractivity contribution in [2.75, 3.05) is 19.8 Å². The zero-order chi connectivity index (χ0) is 46.7. The van der Waals surface area contributed by atoms with Gasteiger partial charge in [0.2, 0.25) is 5.91 Å². The van der Waals surface area contributed by atoms with E-state index in [9.17, 15) is 19.4 Å². The maximum Gasteiger partial charge on any atom is 0.472 e. The number of carbonyl (C=O) groups is 1. The second-order valence-electron chi connectivity index (χ2n) is 19.5. The van der Waals surface area contributed by atoms with Crippen molar-refractivity contribution in [1.29, 1.82) is 0 Å². The maximum absolute atomic E-state index is 12.8. The molecule has 0 bridgehead atoms. The van der Waals surface area contributed by atoms with Gasteiger partial charge in [0.15, 0.2) is 0 Å². The van der Waals surface area contributed by atoms with Crippen molar-refractivity contribution in [1.82, 2.24) is 5.32 Å². The second kappa shape index (κ2) is 51.6. The van der Waals surface area contributed by atoms with Gasteiger partial charge in [0.25, 0.3) is 0 Å². The van der Waals surface area contributed by atoms with Crippen LogP contribution in [0.1, 0.15) is 303 Å². The van der Waals surface area contributed by atoms with Crippen molar-refractivity contribution in [2.45, 2.75) is 315 Å². The molecule has 0 fully saturated rings. The zero-order valence-electron chi connectivity index (χ0n) is 42.8. The van der Waals surface area contributed by atoms with Gasteiger partial charge in [-0.1, -0.05) is 289 Å². The van der Waals surface area contributed by atoms with Gasteiger partial charge in [0.1, 0.15) is 0 Å². The number of amides is 1. The van der Waals surface area contributed by atoms with E-state index in [1.807, 2.05) is 6.08 Å². The van der Waals surface area contributed by atoms with E-state index < -0.39 is 20.0 Å². The lowest BCUT2D eigenvalue weighted by atomic mass is 10.0. The third kappa shape index (κ3) is 49.2. The van der Waals surface area contributed by atoms with Gasteiger partial charge in [-0.15, -0.1) is 0 Å². The van der Waals surface area contributed by atoms with E-state index >= 15 is 0 Å². The summed E-state index contributed by atoms with van der Waals surface area (Å²) in [5.41, 5.74) is 5.40. The normalized spacial score (nSPS) is 13.8. The van der Waals surface area contributed by atoms with E-state index in [1.165, 1.54) is 244 Å². The number of nitrogens with two attached hydrogens (primary N) is 1. The number of rotatable bonds is 54. The van der Waals surface area contributed by atoms with Crippen LogP contribution in [0.15, 0.2) is 12.2 Å². The first kappa shape index (κ1) is 63.2. The molecule has 3 atom stereocenters. The average Bonchev–Trinajstić information content (AvgIpc) is 3.29. The highest BCUT2D eigenvalue weighted by Crippen LogP contribution is 2.43. The minimum atomic E-state index is -4.34. The number of aliphatic hydroxyl groups is 1. The minimum Gasteiger partial charge on any atom is -0.387 e. The van der Waals surface area contributed by atoms with Gasteiger partial charge in [0, 0.05) is 13.0 Å². The largest absolute Gasteiger partial charge is 0.472 e. The number of phosphoric ester groups is 1. The number of hydrogen-bond acceptors (Lipinski definition) is 6. The van der Waals surface area contributed by atoms with Gasteiger partial charge in [-0.3, -0.25) is 13.8 Å². The summed E-state index contributed by atoms with van der Waals surface area (Å²) in [7, 11) is -4.34. The molecule has 5 N–H and O–H groups in total. The molecule has 0 spiro atoms. The third-order valence-electron chi connectivity index (χ3n) is 13.1. The molecule has 8 nitrogen and oxygen atoms in total. The number of phosphoric acid groups is 1. The first-order valence-electron chi connectivity index (χ1n) is 28.3. The Balaban J connectivity index is 3.87. The number of aliphatic hydroxyl groups excluding tert-OH is 1. The molecule has 64 heavy (non-hydrogen) atoms. The van der Waals surface area contributed by atoms with E-state index in [2.05, 4.69) is 19.2 Å². The van der Waals surface area contributed by atoms with Crippen molar-refractivity contribution >= 4 is 13.7 Å². The van der Waals surface area contributed by atoms with Crippen molar-refractivity contribution in [3.63, 3.8) is 0 Å². The Bertz CT molecular complexity index is 1020. The van der Waals surface area contributed by atoms with Gasteiger partial charge in [-0.05, 0) is 19.3 Å². The molecule has 0 aromatic heterocycles. The van der Waals surface area contributed by atoms with Gasteiger partial charge in [0.05, 0.1) is 25.4 Å². The summed E-state index contributed by atoms with van der Waals surface area (Å²) < 4.78 is 22.2. The van der Waals surface area contributed by atoms with Gasteiger partial charge < -0.3 is 21.1 Å². The third-order valence-corrected chi connectivity index (χ3v) is 14.1. The van der Waals surface area contributed by atoms with Crippen LogP contribution in [-0.2, 0) is 18.4 Å². The highest BCUT2D eigenvalue weighted by molar-refractivity contribution is 7.47. The summed E-state index contributed by atoms with van der Waals surface area (Å²) in [4.78, 5) is 22.8. The van der Waals surface area contributed by atoms with Gasteiger partial charge in [-0.25, -0.2) is 4.57 Å². The predicted molar refractivity (Wildman–Crippen MR) is 277 cm³/mol. The lowest BCUT2D eigenvalue weighted by Crippen LogP contribution is -2.45. The number of unbranched alkanes of at least 4 members (excludes halogenated alkanes) is 42. The second-order valence-corrected chi connectivity index (χ2v) is 21.0. The highest BCUT2D eigenvalue weighted by atomic mass is 31.2. The van der Waals surface area contributed by atoms with Crippen LogP contribution in [0.3, 0.4) is 0 Å². The summed E-state index contributed by atoms with van der Waals surface area (Å²) in [6, 6.07) is -0.856. The lowest BCUT2D eigenvalue weighted by molar-refractivity contribution is -0.123. The number of nitrogens with one attached hydrogen (secondary N) is 1. The van der Waals surface area contributed by atoms with Crippen molar-refractivity contribution < 1.29 is 28.4 Å². The van der Waals surface area contributed by atoms with Crippen LogP contribution >= 0.6 is 7.82 Å². The molecule has 1 amide bonds. The first-order valence-corrected chi connectivity index (χ1v) is 29.8. The van der Waals surface area contributed by atoms with Crippen LogP contribution in [0, 0.1) is 0 Å². The Morgan fingerprint density at radius 3 is 1.11 bits per heavy atom. The Morgan fingerprint density at radius 1 is 0.500 bits per heavy atom. The first-order chi connectivity index (χ1) is 31.4. The fourth-order valence-corrected chi connectivity index (χ4v) is 9.60. The quantitative estimate of drug-likeness (QED) is 0.0271. The Labute approximate surface area is 398 Å². The van der Waals surface area contributed by atoms with Crippen LogP contribution < -0.4 is 11.1 Å². The molecule has 1 unspecified atom stereocenters. The lowest BCUT2D eigenvalue weighted by Gasteiger charge is -2.23. The summed E-state index contributed by atoms with van der Waals surface area (Å²) in [6.45, 7) is 4.19. The number of allylic oxidation sites excluding steroid dienone is 1. The Morgan fingerprint density at radius 2 is 0.797 bits per heavy atom. The maximum atomic E-state index is 12.8. The molecule has 0 saturated carbocycles. The SMILES string of the molecule is CCCCCCCCCCCCCCC/C=C/[C@@H](O)[C@H](COP(=O)(O)OCCN)NC(=O)CCCCCCCCCCCCCCCCCCCCCCCCCCCCCCCC. The van der Waals surface area contributed by atoms with Crippen LogP contribution in [0.5, 0.6) is 0 Å². The van der Waals surface area contributed by atoms with Crippen LogP contribution in [0.25, 0.3) is 0 Å². The predicted octanol–water partition coefficient (Wildman–Crippen LogP) is 17.1. The van der Waals surface area contributed by atoms with Crippen molar-refractivity contribution in [3.8, 4) is 0 Å². The Kier molecular flexibility index (Phi) is 51.0. The molecule has 0 aliphatic heterocycles. The molecular weight excluding hydrogens is 816 g/mol. The van der Waals surface area contributed by atoms with Crippen LogP contribution in [-0.4, -0.2) is 47.8 Å². The van der Waals surface area contributed by atoms with E-state index in [1.54, 1.807) is 6.08 Å². The van der Waals surface area contributed by atoms with E-state index in [-0.39, 0.29) is 25.7 Å². The van der Waals surface area contributed by atoms with E-state index in [4.69, 9.17) is 14.8 Å². The van der Waals surface area contributed by atoms with E-state index in [0.717, 1.165) is 38.5 Å². The summed E-state index contributed by atoms with van der Waals surface area (Å²) in [6.07, 6.45) is 61.6. The average molecular weight is 927 g/mol. The molecule has 0 aliphatic carbocycles. The summed E-state index contributed by atoms with van der Waals surface area (Å²) >= 11 is 0. The fourth-order valence-electron chi connectivity index (χ4n) is 8.84. The molecule has 0 aromatic carbocycles. The molecular formula is C55H111N2O6P. The molecule has 9 heteroatoms.